The highest BCUT2D eigenvalue weighted by atomic mass is 16.2. The van der Waals surface area contributed by atoms with E-state index in [1.165, 1.54) is 0 Å². The minimum absolute atomic E-state index is 0.109. The first kappa shape index (κ1) is 11.2. The maximum Gasteiger partial charge on any atom is 0.223 e. The van der Waals surface area contributed by atoms with E-state index in [4.69, 9.17) is 0 Å². The molecule has 1 unspecified atom stereocenters. The fourth-order valence-electron chi connectivity index (χ4n) is 1.51. The van der Waals surface area contributed by atoms with Crippen molar-refractivity contribution in [3.05, 3.63) is 0 Å². The number of amides is 1. The van der Waals surface area contributed by atoms with Crippen LogP contribution in [0, 0.1) is 5.92 Å². The number of aldehydes is 1. The Balaban J connectivity index is 2.34. The van der Waals surface area contributed by atoms with Crippen LogP contribution in [-0.4, -0.2) is 55.2 Å². The fourth-order valence-corrected chi connectivity index (χ4v) is 1.51. The highest BCUT2D eigenvalue weighted by molar-refractivity contribution is 5.79. The van der Waals surface area contributed by atoms with Gasteiger partial charge in [0.1, 0.15) is 6.29 Å². The van der Waals surface area contributed by atoms with E-state index in [9.17, 15) is 9.59 Å². The average molecular weight is 198 g/mol. The molecule has 1 fully saturated rings. The van der Waals surface area contributed by atoms with E-state index < -0.39 is 0 Å². The molecule has 0 bridgehead atoms. The summed E-state index contributed by atoms with van der Waals surface area (Å²) in [5.74, 6) is -0.0418. The second-order valence-electron chi connectivity index (χ2n) is 4.00. The van der Waals surface area contributed by atoms with Gasteiger partial charge in [-0.25, -0.2) is 0 Å². The van der Waals surface area contributed by atoms with E-state index in [-0.39, 0.29) is 11.8 Å². The quantitative estimate of drug-likeness (QED) is 0.599. The summed E-state index contributed by atoms with van der Waals surface area (Å²) in [7, 11) is 2.05. The van der Waals surface area contributed by atoms with Gasteiger partial charge in [-0.2, -0.15) is 0 Å². The van der Waals surface area contributed by atoms with Gasteiger partial charge >= 0.3 is 0 Å². The summed E-state index contributed by atoms with van der Waals surface area (Å²) in [6, 6.07) is 0. The molecule has 0 aromatic carbocycles. The number of likely N-dealkylation sites (N-methyl/N-ethyl adjacent to an activating group) is 1. The highest BCUT2D eigenvalue weighted by Gasteiger charge is 2.20. The molecule has 1 amide bonds. The summed E-state index contributed by atoms with van der Waals surface area (Å²) >= 11 is 0. The third-order valence-corrected chi connectivity index (χ3v) is 2.58. The zero-order chi connectivity index (χ0) is 10.6. The minimum Gasteiger partial charge on any atom is -0.340 e. The van der Waals surface area contributed by atoms with Crippen LogP contribution in [0.2, 0.25) is 0 Å². The summed E-state index contributed by atoms with van der Waals surface area (Å²) in [4.78, 5) is 26.1. The maximum atomic E-state index is 11.6. The van der Waals surface area contributed by atoms with Crippen LogP contribution in [0.4, 0.5) is 0 Å². The zero-order valence-corrected chi connectivity index (χ0v) is 8.90. The standard InChI is InChI=1S/C10H18N2O2/c1-9(8-13)7-10(14)12-5-3-11(2)4-6-12/h8-9H,3-7H2,1-2H3. The second kappa shape index (κ2) is 5.10. The molecule has 1 rings (SSSR count). The monoisotopic (exact) mass is 198 g/mol. The predicted octanol–water partition coefficient (Wildman–Crippen LogP) is -0.0145. The van der Waals surface area contributed by atoms with E-state index in [1.807, 2.05) is 4.90 Å². The summed E-state index contributed by atoms with van der Waals surface area (Å²) in [6.07, 6.45) is 1.20. The van der Waals surface area contributed by atoms with Crippen molar-refractivity contribution >= 4 is 12.2 Å². The van der Waals surface area contributed by atoms with Crippen molar-refractivity contribution in [3.8, 4) is 0 Å². The van der Waals surface area contributed by atoms with Gasteiger partial charge in [0.2, 0.25) is 5.91 Å². The van der Waals surface area contributed by atoms with Crippen LogP contribution in [0.25, 0.3) is 0 Å². The van der Waals surface area contributed by atoms with Gasteiger partial charge in [0, 0.05) is 38.5 Å². The fraction of sp³-hybridized carbons (Fsp3) is 0.800. The molecule has 0 aromatic rings. The molecule has 0 saturated carbocycles. The van der Waals surface area contributed by atoms with Crippen LogP contribution >= 0.6 is 0 Å². The Hall–Kier alpha value is -0.900. The van der Waals surface area contributed by atoms with Crippen LogP contribution in [0.5, 0.6) is 0 Å². The molecule has 0 aliphatic carbocycles. The van der Waals surface area contributed by atoms with Crippen LogP contribution in [0.15, 0.2) is 0 Å². The lowest BCUT2D eigenvalue weighted by atomic mass is 10.1. The second-order valence-corrected chi connectivity index (χ2v) is 4.00. The Kier molecular flexibility index (Phi) is 4.07. The lowest BCUT2D eigenvalue weighted by Gasteiger charge is -2.32. The smallest absolute Gasteiger partial charge is 0.223 e. The van der Waals surface area contributed by atoms with Crippen LogP contribution in [0.1, 0.15) is 13.3 Å². The number of piperazine rings is 1. The molecule has 0 spiro atoms. The molecule has 0 N–H and O–H groups in total. The third kappa shape index (κ3) is 3.10. The van der Waals surface area contributed by atoms with Gasteiger partial charge in [-0.1, -0.05) is 6.92 Å². The summed E-state index contributed by atoms with van der Waals surface area (Å²) in [6.45, 7) is 5.23. The van der Waals surface area contributed by atoms with Gasteiger partial charge in [-0.15, -0.1) is 0 Å². The Morgan fingerprint density at radius 3 is 2.43 bits per heavy atom. The van der Waals surface area contributed by atoms with Gasteiger partial charge in [-0.05, 0) is 7.05 Å². The molecule has 1 saturated heterocycles. The Bertz CT molecular complexity index is 210. The van der Waals surface area contributed by atoms with Crippen molar-refractivity contribution in [1.82, 2.24) is 9.80 Å². The van der Waals surface area contributed by atoms with Gasteiger partial charge < -0.3 is 14.6 Å². The van der Waals surface area contributed by atoms with Crippen molar-refractivity contribution in [1.29, 1.82) is 0 Å². The Labute approximate surface area is 84.9 Å². The van der Waals surface area contributed by atoms with Gasteiger partial charge in [-0.3, -0.25) is 4.79 Å². The van der Waals surface area contributed by atoms with Gasteiger partial charge in [0.15, 0.2) is 0 Å². The summed E-state index contributed by atoms with van der Waals surface area (Å²) in [5, 5.41) is 0. The molecule has 1 aliphatic rings. The largest absolute Gasteiger partial charge is 0.340 e. The predicted molar refractivity (Wildman–Crippen MR) is 53.9 cm³/mol. The molecule has 1 atom stereocenters. The molecule has 0 radical (unpaired) electrons. The van der Waals surface area contributed by atoms with E-state index in [0.717, 1.165) is 32.5 Å². The molecule has 80 valence electrons. The number of rotatable bonds is 3. The van der Waals surface area contributed by atoms with Gasteiger partial charge in [0.25, 0.3) is 0 Å². The van der Waals surface area contributed by atoms with Gasteiger partial charge in [0.05, 0.1) is 0 Å². The van der Waals surface area contributed by atoms with Crippen molar-refractivity contribution in [2.24, 2.45) is 5.92 Å². The number of nitrogens with zero attached hydrogens (tertiary/aromatic N) is 2. The highest BCUT2D eigenvalue weighted by Crippen LogP contribution is 2.06. The first-order chi connectivity index (χ1) is 6.63. The average Bonchev–Trinajstić information content (AvgIpc) is 2.18. The number of hydrogen-bond acceptors (Lipinski definition) is 3. The Morgan fingerprint density at radius 1 is 1.36 bits per heavy atom. The van der Waals surface area contributed by atoms with Crippen molar-refractivity contribution in [2.75, 3.05) is 33.2 Å². The van der Waals surface area contributed by atoms with E-state index in [1.54, 1.807) is 6.92 Å². The lowest BCUT2D eigenvalue weighted by Crippen LogP contribution is -2.47. The molecule has 1 heterocycles. The molecule has 1 aliphatic heterocycles. The van der Waals surface area contributed by atoms with E-state index in [0.29, 0.717) is 6.42 Å². The number of hydrogen-bond donors (Lipinski definition) is 0. The molecule has 4 nitrogen and oxygen atoms in total. The molecular formula is C10H18N2O2. The maximum absolute atomic E-state index is 11.6. The molecular weight excluding hydrogens is 180 g/mol. The topological polar surface area (TPSA) is 40.6 Å². The normalized spacial score (nSPS) is 20.6. The molecule has 4 heteroatoms. The van der Waals surface area contributed by atoms with Crippen LogP contribution in [-0.2, 0) is 9.59 Å². The van der Waals surface area contributed by atoms with Crippen LogP contribution < -0.4 is 0 Å². The summed E-state index contributed by atoms with van der Waals surface area (Å²) in [5.41, 5.74) is 0. The molecule has 0 aromatic heterocycles. The minimum atomic E-state index is -0.151. The first-order valence-corrected chi connectivity index (χ1v) is 5.05. The third-order valence-electron chi connectivity index (χ3n) is 2.58. The van der Waals surface area contributed by atoms with Crippen molar-refractivity contribution in [3.63, 3.8) is 0 Å². The van der Waals surface area contributed by atoms with Crippen LogP contribution in [0.3, 0.4) is 0 Å². The van der Waals surface area contributed by atoms with E-state index >= 15 is 0 Å². The van der Waals surface area contributed by atoms with Crippen molar-refractivity contribution in [2.45, 2.75) is 13.3 Å². The van der Waals surface area contributed by atoms with E-state index in [2.05, 4.69) is 11.9 Å². The number of carbonyl (C=O) groups excluding carboxylic acids is 2. The lowest BCUT2D eigenvalue weighted by molar-refractivity contribution is -0.134. The Morgan fingerprint density at radius 2 is 1.93 bits per heavy atom. The first-order valence-electron chi connectivity index (χ1n) is 5.05. The summed E-state index contributed by atoms with van der Waals surface area (Å²) < 4.78 is 0. The number of carbonyl (C=O) groups is 2. The zero-order valence-electron chi connectivity index (χ0n) is 8.90. The SMILES string of the molecule is CC(C=O)CC(=O)N1CCN(C)CC1. The molecule has 14 heavy (non-hydrogen) atoms. The van der Waals surface area contributed by atoms with Crippen molar-refractivity contribution < 1.29 is 9.59 Å².